The quantitative estimate of drug-likeness (QED) is 0.646. The van der Waals surface area contributed by atoms with Crippen LogP contribution in [0.4, 0.5) is 5.82 Å². The largest absolute Gasteiger partial charge is 0.487 e. The summed E-state index contributed by atoms with van der Waals surface area (Å²) < 4.78 is 5.63. The lowest BCUT2D eigenvalue weighted by atomic mass is 10.2. The van der Waals surface area contributed by atoms with Crippen LogP contribution in [-0.2, 0) is 4.79 Å². The van der Waals surface area contributed by atoms with E-state index in [2.05, 4.69) is 30.2 Å². The number of nitrogens with one attached hydrogen (secondary N) is 1. The molecule has 2 amide bonds. The molecule has 0 aliphatic carbocycles. The molecule has 1 aliphatic heterocycles. The molecule has 3 aromatic rings. The first-order valence-electron chi connectivity index (χ1n) is 8.59. The maximum atomic E-state index is 12.8. The van der Waals surface area contributed by atoms with Gasteiger partial charge in [-0.3, -0.25) is 24.5 Å². The average molecular weight is 446 g/mol. The lowest BCUT2D eigenvalue weighted by Crippen LogP contribution is -2.49. The van der Waals surface area contributed by atoms with E-state index in [1.54, 1.807) is 6.07 Å². The predicted octanol–water partition coefficient (Wildman–Crippen LogP) is 1.79. The molecule has 4 rings (SSSR count). The van der Waals surface area contributed by atoms with Gasteiger partial charge in [-0.05, 0) is 0 Å². The number of amides is 2. The topological polar surface area (TPSA) is 123 Å². The zero-order valence-electron chi connectivity index (χ0n) is 15.4. The summed E-state index contributed by atoms with van der Waals surface area (Å²) in [5, 5.41) is 3.15. The fourth-order valence-corrected chi connectivity index (χ4v) is 3.09. The van der Waals surface area contributed by atoms with Crippen molar-refractivity contribution in [2.24, 2.45) is 0 Å². The normalized spacial score (nSPS) is 15.8. The van der Waals surface area contributed by atoms with Crippen molar-refractivity contribution in [2.75, 3.05) is 18.6 Å². The molecule has 1 unspecified atom stereocenters. The van der Waals surface area contributed by atoms with Gasteiger partial charge in [0.2, 0.25) is 5.82 Å². The number of aromatic nitrogens is 5. The van der Waals surface area contributed by atoms with E-state index < -0.39 is 17.9 Å². The Labute approximate surface area is 180 Å². The monoisotopic (exact) mass is 445 g/mol. The fourth-order valence-electron chi connectivity index (χ4n) is 2.76. The molecule has 1 N–H and O–H groups in total. The average Bonchev–Trinajstić information content (AvgIpc) is 2.86. The second-order valence-electron chi connectivity index (χ2n) is 6.19. The molecule has 4 heterocycles. The summed E-state index contributed by atoms with van der Waals surface area (Å²) >= 11 is 12.1. The first-order valence-corrected chi connectivity index (χ1v) is 9.35. The number of carbonyl (C=O) groups is 2. The number of hydrogen-bond donors (Lipinski definition) is 1. The van der Waals surface area contributed by atoms with E-state index in [1.165, 1.54) is 42.9 Å². The number of fused-ring (bicyclic) bond motifs is 1. The molecule has 0 radical (unpaired) electrons. The van der Waals surface area contributed by atoms with E-state index in [9.17, 15) is 9.59 Å². The maximum absolute atomic E-state index is 12.8. The van der Waals surface area contributed by atoms with Crippen molar-refractivity contribution in [1.29, 1.82) is 0 Å². The van der Waals surface area contributed by atoms with Crippen LogP contribution in [0.15, 0.2) is 37.1 Å². The number of likely N-dealkylation sites (N-methyl/N-ethyl adjacent to an activating group) is 1. The van der Waals surface area contributed by atoms with Crippen molar-refractivity contribution in [3.8, 4) is 17.1 Å². The second-order valence-corrected chi connectivity index (χ2v) is 7.03. The molecule has 0 saturated carbocycles. The van der Waals surface area contributed by atoms with Crippen LogP contribution < -0.4 is 15.0 Å². The molecule has 1 aliphatic rings. The Morgan fingerprint density at radius 1 is 1.20 bits per heavy atom. The van der Waals surface area contributed by atoms with Gasteiger partial charge in [-0.25, -0.2) is 15.0 Å². The van der Waals surface area contributed by atoms with E-state index in [0.717, 1.165) is 0 Å². The molecule has 0 saturated heterocycles. The molecular formula is C18H13Cl2N7O3. The van der Waals surface area contributed by atoms with Gasteiger partial charge < -0.3 is 10.1 Å². The van der Waals surface area contributed by atoms with Crippen LogP contribution in [0.5, 0.6) is 5.75 Å². The summed E-state index contributed by atoms with van der Waals surface area (Å²) in [7, 11) is 1.53. The molecule has 0 bridgehead atoms. The van der Waals surface area contributed by atoms with Gasteiger partial charge >= 0.3 is 0 Å². The molecule has 10 nitrogen and oxygen atoms in total. The fraction of sp³-hybridized carbons (Fsp3) is 0.167. The lowest BCUT2D eigenvalue weighted by Gasteiger charge is -2.19. The third-order valence-electron chi connectivity index (χ3n) is 4.21. The molecule has 3 aromatic heterocycles. The smallest absolute Gasteiger partial charge is 0.289 e. The van der Waals surface area contributed by atoms with Crippen molar-refractivity contribution >= 4 is 40.8 Å². The van der Waals surface area contributed by atoms with Crippen molar-refractivity contribution in [1.82, 2.24) is 30.2 Å². The number of rotatable bonds is 3. The van der Waals surface area contributed by atoms with Crippen molar-refractivity contribution < 1.29 is 14.3 Å². The Balaban J connectivity index is 1.57. The Kier molecular flexibility index (Phi) is 5.42. The van der Waals surface area contributed by atoms with Gasteiger partial charge in [0.1, 0.15) is 24.0 Å². The molecule has 12 heteroatoms. The first-order chi connectivity index (χ1) is 14.4. The standard InChI is InChI=1S/C18H13Cl2N7O3/c1-27-16-13(4-9(19)5-24-16)30-8-12(18(27)29)25-17(28)15-23-6-10(20)14(26-15)11-7-21-2-3-22-11/h2-7,12H,8H2,1H3,(H,25,28). The number of halogens is 2. The number of hydrogen-bond acceptors (Lipinski definition) is 8. The summed E-state index contributed by atoms with van der Waals surface area (Å²) in [6.45, 7) is -0.117. The number of nitrogens with zero attached hydrogens (tertiary/aromatic N) is 6. The Bertz CT molecular complexity index is 1130. The summed E-state index contributed by atoms with van der Waals surface area (Å²) in [5.41, 5.74) is 0.627. The van der Waals surface area contributed by atoms with Crippen LogP contribution in [0.25, 0.3) is 11.4 Å². The SMILES string of the molecule is CN1C(=O)C(NC(=O)c2ncc(Cl)c(-c3cnccn3)n2)COc2cc(Cl)cnc21. The molecule has 30 heavy (non-hydrogen) atoms. The minimum atomic E-state index is -0.991. The van der Waals surface area contributed by atoms with Crippen LogP contribution in [-0.4, -0.2) is 56.4 Å². The van der Waals surface area contributed by atoms with Gasteiger partial charge in [0.15, 0.2) is 11.6 Å². The summed E-state index contributed by atoms with van der Waals surface area (Å²) in [4.78, 5) is 47.1. The number of pyridine rings is 1. The first kappa shape index (κ1) is 19.9. The minimum Gasteiger partial charge on any atom is -0.487 e. The summed E-state index contributed by atoms with van der Waals surface area (Å²) in [5.74, 6) is -0.640. The van der Waals surface area contributed by atoms with Crippen LogP contribution in [0.2, 0.25) is 10.0 Å². The maximum Gasteiger partial charge on any atom is 0.289 e. The van der Waals surface area contributed by atoms with Crippen LogP contribution in [0.3, 0.4) is 0 Å². The molecular weight excluding hydrogens is 433 g/mol. The van der Waals surface area contributed by atoms with Gasteiger partial charge in [-0.1, -0.05) is 23.2 Å². The van der Waals surface area contributed by atoms with Gasteiger partial charge in [0.05, 0.1) is 22.4 Å². The summed E-state index contributed by atoms with van der Waals surface area (Å²) in [6, 6.07) is 0.558. The van der Waals surface area contributed by atoms with E-state index in [4.69, 9.17) is 27.9 Å². The van der Waals surface area contributed by atoms with Crippen molar-refractivity contribution in [2.45, 2.75) is 6.04 Å². The van der Waals surface area contributed by atoms with E-state index >= 15 is 0 Å². The molecule has 0 fully saturated rings. The number of anilines is 1. The minimum absolute atomic E-state index is 0.117. The van der Waals surface area contributed by atoms with Crippen molar-refractivity contribution in [3.05, 3.63) is 52.9 Å². The van der Waals surface area contributed by atoms with Crippen LogP contribution in [0.1, 0.15) is 10.6 Å². The van der Waals surface area contributed by atoms with Crippen molar-refractivity contribution in [3.63, 3.8) is 0 Å². The van der Waals surface area contributed by atoms with E-state index in [0.29, 0.717) is 22.3 Å². The highest BCUT2D eigenvalue weighted by molar-refractivity contribution is 6.32. The third-order valence-corrected chi connectivity index (χ3v) is 4.69. The molecule has 0 spiro atoms. The number of carbonyl (C=O) groups excluding carboxylic acids is 2. The molecule has 1 atom stereocenters. The second kappa shape index (κ2) is 8.17. The van der Waals surface area contributed by atoms with Gasteiger partial charge in [-0.2, -0.15) is 0 Å². The van der Waals surface area contributed by atoms with E-state index in [-0.39, 0.29) is 23.1 Å². The Hall–Kier alpha value is -3.37. The highest BCUT2D eigenvalue weighted by Gasteiger charge is 2.32. The summed E-state index contributed by atoms with van der Waals surface area (Å²) in [6.07, 6.45) is 7.13. The molecule has 0 aromatic carbocycles. The highest BCUT2D eigenvalue weighted by atomic mass is 35.5. The Morgan fingerprint density at radius 3 is 2.80 bits per heavy atom. The zero-order chi connectivity index (χ0) is 21.3. The molecule has 152 valence electrons. The van der Waals surface area contributed by atoms with Crippen LogP contribution in [0, 0.1) is 0 Å². The number of ether oxygens (including phenoxy) is 1. The van der Waals surface area contributed by atoms with Gasteiger partial charge in [-0.15, -0.1) is 0 Å². The van der Waals surface area contributed by atoms with Crippen LogP contribution >= 0.6 is 23.2 Å². The predicted molar refractivity (Wildman–Crippen MR) is 107 cm³/mol. The van der Waals surface area contributed by atoms with Gasteiger partial charge in [0, 0.05) is 31.7 Å². The Morgan fingerprint density at radius 2 is 2.03 bits per heavy atom. The zero-order valence-corrected chi connectivity index (χ0v) is 16.9. The third kappa shape index (κ3) is 3.87. The highest BCUT2D eigenvalue weighted by Crippen LogP contribution is 2.30. The lowest BCUT2D eigenvalue weighted by molar-refractivity contribution is -0.120. The van der Waals surface area contributed by atoms with Gasteiger partial charge in [0.25, 0.3) is 11.8 Å². The van der Waals surface area contributed by atoms with E-state index in [1.807, 2.05) is 0 Å².